The van der Waals surface area contributed by atoms with Crippen molar-refractivity contribution in [1.29, 1.82) is 0 Å². The van der Waals surface area contributed by atoms with E-state index in [-0.39, 0.29) is 31.1 Å². The summed E-state index contributed by atoms with van der Waals surface area (Å²) in [6.45, 7) is 6.61. The molecule has 0 fully saturated rings. The van der Waals surface area contributed by atoms with E-state index >= 15 is 0 Å². The fourth-order valence-corrected chi connectivity index (χ4v) is 7.54. The maximum Gasteiger partial charge on any atom is 0.306 e. The van der Waals surface area contributed by atoms with Gasteiger partial charge in [0.15, 0.2) is 6.10 Å². The fraction of sp³-hybridized carbons (Fsp3) is 0.836. The lowest BCUT2D eigenvalue weighted by atomic mass is 10.1. The Kier molecular flexibility index (Phi) is 48.3. The highest BCUT2D eigenvalue weighted by Gasteiger charge is 2.19. The van der Waals surface area contributed by atoms with Crippen molar-refractivity contribution in [3.8, 4) is 0 Å². The van der Waals surface area contributed by atoms with Crippen LogP contribution in [0.3, 0.4) is 0 Å². The Hall–Kier alpha value is -2.37. The van der Waals surface area contributed by atoms with Crippen molar-refractivity contribution in [3.63, 3.8) is 0 Å². The third-order valence-corrected chi connectivity index (χ3v) is 11.6. The van der Waals surface area contributed by atoms with Crippen LogP contribution in [0.4, 0.5) is 0 Å². The molecular weight excluding hydrogens is 757 g/mol. The lowest BCUT2D eigenvalue weighted by Gasteiger charge is -2.18. The fourth-order valence-electron chi connectivity index (χ4n) is 7.54. The van der Waals surface area contributed by atoms with Gasteiger partial charge in [0, 0.05) is 19.3 Å². The number of allylic oxidation sites excluding steroid dienone is 6. The average Bonchev–Trinajstić information content (AvgIpc) is 3.26. The minimum absolute atomic E-state index is 0.0809. The third-order valence-electron chi connectivity index (χ3n) is 11.6. The number of ether oxygens (including phenoxy) is 3. The number of rotatable bonds is 48. The van der Waals surface area contributed by atoms with E-state index in [4.69, 9.17) is 14.2 Å². The number of carbonyl (C=O) groups is 3. The Morgan fingerprint density at radius 3 is 0.836 bits per heavy atom. The Morgan fingerprint density at radius 2 is 0.541 bits per heavy atom. The summed E-state index contributed by atoms with van der Waals surface area (Å²) in [5.74, 6) is -0.897. The van der Waals surface area contributed by atoms with Crippen LogP contribution in [0.25, 0.3) is 0 Å². The molecule has 0 heterocycles. The van der Waals surface area contributed by atoms with Gasteiger partial charge in [-0.1, -0.05) is 198 Å². The van der Waals surface area contributed by atoms with Crippen molar-refractivity contribution in [1.82, 2.24) is 0 Å². The number of unbranched alkanes of at least 4 members (excludes halogenated alkanes) is 31. The van der Waals surface area contributed by atoms with Crippen LogP contribution in [-0.2, 0) is 28.6 Å². The SMILES string of the molecule is CCCCCC/C=C\CCCCCCCC(=O)OCC(COC(=O)CCCCCCC/C=C\CCCCCCCCC)OC(=O)CCCCCCC/C=C\CCCCCCC. The van der Waals surface area contributed by atoms with Crippen molar-refractivity contribution in [2.75, 3.05) is 13.2 Å². The van der Waals surface area contributed by atoms with Gasteiger partial charge in [-0.2, -0.15) is 0 Å². The van der Waals surface area contributed by atoms with E-state index in [9.17, 15) is 14.4 Å². The molecule has 6 heteroatoms. The zero-order valence-corrected chi connectivity index (χ0v) is 40.7. The number of carbonyl (C=O) groups excluding carboxylic acids is 3. The molecule has 0 N–H and O–H groups in total. The van der Waals surface area contributed by atoms with Gasteiger partial charge in [-0.05, 0) is 96.3 Å². The van der Waals surface area contributed by atoms with Gasteiger partial charge in [0.1, 0.15) is 13.2 Å². The zero-order valence-electron chi connectivity index (χ0n) is 40.7. The lowest BCUT2D eigenvalue weighted by Crippen LogP contribution is -2.30. The van der Waals surface area contributed by atoms with Crippen LogP contribution in [0.5, 0.6) is 0 Å². The second-order valence-corrected chi connectivity index (χ2v) is 17.8. The summed E-state index contributed by atoms with van der Waals surface area (Å²) < 4.78 is 16.8. The Bertz CT molecular complexity index is 1030. The first-order chi connectivity index (χ1) is 30.0. The third kappa shape index (κ3) is 48.5. The van der Waals surface area contributed by atoms with E-state index in [1.54, 1.807) is 0 Å². The first kappa shape index (κ1) is 58.6. The molecule has 0 aromatic rings. The van der Waals surface area contributed by atoms with Crippen LogP contribution < -0.4 is 0 Å². The maximum atomic E-state index is 12.8. The van der Waals surface area contributed by atoms with Crippen molar-refractivity contribution in [3.05, 3.63) is 36.5 Å². The van der Waals surface area contributed by atoms with Gasteiger partial charge >= 0.3 is 17.9 Å². The van der Waals surface area contributed by atoms with E-state index in [0.29, 0.717) is 19.3 Å². The molecule has 0 aliphatic carbocycles. The van der Waals surface area contributed by atoms with Crippen molar-refractivity contribution in [2.24, 2.45) is 0 Å². The largest absolute Gasteiger partial charge is 0.462 e. The molecule has 6 nitrogen and oxygen atoms in total. The first-order valence-electron chi connectivity index (χ1n) is 26.5. The summed E-state index contributed by atoms with van der Waals surface area (Å²) >= 11 is 0. The molecule has 0 bridgehead atoms. The van der Waals surface area contributed by atoms with Gasteiger partial charge in [-0.25, -0.2) is 0 Å². The van der Waals surface area contributed by atoms with Gasteiger partial charge < -0.3 is 14.2 Å². The predicted molar refractivity (Wildman–Crippen MR) is 261 cm³/mol. The minimum Gasteiger partial charge on any atom is -0.462 e. The molecule has 0 spiro atoms. The average molecular weight is 857 g/mol. The molecule has 0 saturated heterocycles. The smallest absolute Gasteiger partial charge is 0.306 e. The summed E-state index contributed by atoms with van der Waals surface area (Å²) in [5, 5.41) is 0. The summed E-state index contributed by atoms with van der Waals surface area (Å²) in [7, 11) is 0. The van der Waals surface area contributed by atoms with E-state index in [1.165, 1.54) is 154 Å². The van der Waals surface area contributed by atoms with Crippen molar-refractivity contribution >= 4 is 17.9 Å². The van der Waals surface area contributed by atoms with Gasteiger partial charge in [0.25, 0.3) is 0 Å². The normalized spacial score (nSPS) is 12.2. The van der Waals surface area contributed by atoms with Gasteiger partial charge in [-0.3, -0.25) is 14.4 Å². The van der Waals surface area contributed by atoms with E-state index in [2.05, 4.69) is 57.2 Å². The molecule has 0 saturated carbocycles. The highest BCUT2D eigenvalue weighted by atomic mass is 16.6. The molecular formula is C55H100O6. The highest BCUT2D eigenvalue weighted by Crippen LogP contribution is 2.14. The van der Waals surface area contributed by atoms with Gasteiger partial charge in [-0.15, -0.1) is 0 Å². The second kappa shape index (κ2) is 50.3. The summed E-state index contributed by atoms with van der Waals surface area (Å²) in [6.07, 6.45) is 58.4. The Morgan fingerprint density at radius 1 is 0.311 bits per heavy atom. The molecule has 61 heavy (non-hydrogen) atoms. The topological polar surface area (TPSA) is 78.9 Å². The van der Waals surface area contributed by atoms with Crippen LogP contribution >= 0.6 is 0 Å². The van der Waals surface area contributed by atoms with E-state index in [0.717, 1.165) is 83.5 Å². The molecule has 0 aliphatic heterocycles. The number of esters is 3. The number of hydrogen-bond donors (Lipinski definition) is 0. The summed E-state index contributed by atoms with van der Waals surface area (Å²) in [6, 6.07) is 0. The van der Waals surface area contributed by atoms with Crippen LogP contribution in [0.15, 0.2) is 36.5 Å². The molecule has 1 unspecified atom stereocenters. The zero-order chi connectivity index (χ0) is 44.4. The second-order valence-electron chi connectivity index (χ2n) is 17.8. The molecule has 0 aliphatic rings. The molecule has 0 aromatic heterocycles. The standard InChI is InChI=1S/C55H100O6/c1-4-7-10-13-16-19-22-25-27-28-31-33-36-39-42-45-48-54(57)60-51-52(50-59-53(56)47-44-41-38-35-32-29-24-21-18-15-12-9-6-3)61-55(58)49-46-43-40-37-34-30-26-23-20-17-14-11-8-5-2/h21,23-24,26-28,52H,4-20,22,25,29-51H2,1-3H3/b24-21-,26-23-,28-27-. The summed E-state index contributed by atoms with van der Waals surface area (Å²) in [5.41, 5.74) is 0. The maximum absolute atomic E-state index is 12.8. The molecule has 0 rings (SSSR count). The molecule has 0 amide bonds. The van der Waals surface area contributed by atoms with Crippen LogP contribution in [0.1, 0.15) is 278 Å². The van der Waals surface area contributed by atoms with Gasteiger partial charge in [0.2, 0.25) is 0 Å². The van der Waals surface area contributed by atoms with E-state index < -0.39 is 6.10 Å². The molecule has 0 aromatic carbocycles. The van der Waals surface area contributed by atoms with Gasteiger partial charge in [0.05, 0.1) is 0 Å². The van der Waals surface area contributed by atoms with Crippen molar-refractivity contribution in [2.45, 2.75) is 284 Å². The monoisotopic (exact) mass is 857 g/mol. The first-order valence-corrected chi connectivity index (χ1v) is 26.5. The van der Waals surface area contributed by atoms with Crippen LogP contribution in [-0.4, -0.2) is 37.2 Å². The lowest BCUT2D eigenvalue weighted by molar-refractivity contribution is -0.167. The minimum atomic E-state index is -0.780. The number of hydrogen-bond acceptors (Lipinski definition) is 6. The molecule has 0 radical (unpaired) electrons. The predicted octanol–water partition coefficient (Wildman–Crippen LogP) is 17.3. The summed E-state index contributed by atoms with van der Waals surface area (Å²) in [4.78, 5) is 38.0. The van der Waals surface area contributed by atoms with Crippen LogP contribution in [0.2, 0.25) is 0 Å². The quantitative estimate of drug-likeness (QED) is 0.0262. The Balaban J connectivity index is 4.39. The molecule has 1 atom stereocenters. The molecule has 356 valence electrons. The Labute approximate surface area is 378 Å². The van der Waals surface area contributed by atoms with Crippen molar-refractivity contribution < 1.29 is 28.6 Å². The highest BCUT2D eigenvalue weighted by molar-refractivity contribution is 5.71. The van der Waals surface area contributed by atoms with Crippen LogP contribution in [0, 0.1) is 0 Å². The van der Waals surface area contributed by atoms with E-state index in [1.807, 2.05) is 0 Å².